The highest BCUT2D eigenvalue weighted by atomic mass is 35.5. The molecule has 2 rings (SSSR count). The number of carbonyl (C=O) groups excluding carboxylic acids is 1. The van der Waals surface area contributed by atoms with Gasteiger partial charge in [0.1, 0.15) is 0 Å². The van der Waals surface area contributed by atoms with E-state index in [9.17, 15) is 4.79 Å². The molecule has 1 aromatic rings. The van der Waals surface area contributed by atoms with Gasteiger partial charge < -0.3 is 11.1 Å². The predicted octanol–water partition coefficient (Wildman–Crippen LogP) is 2.86. The van der Waals surface area contributed by atoms with Crippen molar-refractivity contribution in [2.45, 2.75) is 44.7 Å². The van der Waals surface area contributed by atoms with Crippen molar-refractivity contribution in [1.29, 1.82) is 0 Å². The summed E-state index contributed by atoms with van der Waals surface area (Å²) in [5, 5.41) is 3.64. The molecular weight excluding hydrogens is 260 g/mol. The van der Waals surface area contributed by atoms with Crippen LogP contribution < -0.4 is 11.1 Å². The lowest BCUT2D eigenvalue weighted by Gasteiger charge is -2.37. The zero-order chi connectivity index (χ0) is 13.9. The first-order valence-corrected chi connectivity index (χ1v) is 7.18. The van der Waals surface area contributed by atoms with Gasteiger partial charge in [0.05, 0.1) is 5.92 Å². The van der Waals surface area contributed by atoms with E-state index < -0.39 is 0 Å². The van der Waals surface area contributed by atoms with Crippen LogP contribution >= 0.6 is 11.6 Å². The number of rotatable bonds is 3. The summed E-state index contributed by atoms with van der Waals surface area (Å²) in [6, 6.07) is 7.55. The Hall–Kier alpha value is -1.06. The molecule has 0 aliphatic heterocycles. The Kier molecular flexibility index (Phi) is 4.48. The van der Waals surface area contributed by atoms with Crippen molar-refractivity contribution in [3.63, 3.8) is 0 Å². The Labute approximate surface area is 119 Å². The molecule has 0 aromatic heterocycles. The summed E-state index contributed by atoms with van der Waals surface area (Å²) in [7, 11) is 0. The third-order valence-electron chi connectivity index (χ3n) is 3.98. The van der Waals surface area contributed by atoms with Crippen molar-refractivity contribution < 1.29 is 4.79 Å². The standard InChI is InChI=1S/C15H21ClN2O/c1-15(17)9-5-4-7-12(15)14(19)18-10-11-6-2-3-8-13(11)16/h2-3,6,8,12H,4-5,7,9-10,17H2,1H3,(H,18,19). The Bertz CT molecular complexity index is 459. The van der Waals surface area contributed by atoms with Gasteiger partial charge >= 0.3 is 0 Å². The molecule has 1 saturated carbocycles. The van der Waals surface area contributed by atoms with Crippen LogP contribution in [-0.2, 0) is 11.3 Å². The van der Waals surface area contributed by atoms with E-state index in [1.165, 1.54) is 0 Å². The fraction of sp³-hybridized carbons (Fsp3) is 0.533. The monoisotopic (exact) mass is 280 g/mol. The molecule has 1 amide bonds. The first-order chi connectivity index (χ1) is 9.00. The molecule has 0 radical (unpaired) electrons. The van der Waals surface area contributed by atoms with Gasteiger partial charge in [0, 0.05) is 17.1 Å². The smallest absolute Gasteiger partial charge is 0.225 e. The molecule has 0 saturated heterocycles. The summed E-state index contributed by atoms with van der Waals surface area (Å²) in [4.78, 5) is 12.3. The molecule has 2 unspecified atom stereocenters. The van der Waals surface area contributed by atoms with E-state index in [4.69, 9.17) is 17.3 Å². The number of halogens is 1. The van der Waals surface area contributed by atoms with Crippen LogP contribution in [0.1, 0.15) is 38.2 Å². The van der Waals surface area contributed by atoms with E-state index in [0.29, 0.717) is 11.6 Å². The van der Waals surface area contributed by atoms with E-state index in [1.807, 2.05) is 31.2 Å². The van der Waals surface area contributed by atoms with Crippen LogP contribution in [0.15, 0.2) is 24.3 Å². The lowest BCUT2D eigenvalue weighted by atomic mass is 9.74. The predicted molar refractivity (Wildman–Crippen MR) is 77.8 cm³/mol. The maximum Gasteiger partial charge on any atom is 0.225 e. The van der Waals surface area contributed by atoms with Gasteiger partial charge in [0.2, 0.25) is 5.91 Å². The highest BCUT2D eigenvalue weighted by Crippen LogP contribution is 2.31. The van der Waals surface area contributed by atoms with Crippen LogP contribution in [0.2, 0.25) is 5.02 Å². The van der Waals surface area contributed by atoms with Crippen molar-refractivity contribution in [3.8, 4) is 0 Å². The topological polar surface area (TPSA) is 55.1 Å². The van der Waals surface area contributed by atoms with Crippen LogP contribution in [-0.4, -0.2) is 11.4 Å². The van der Waals surface area contributed by atoms with Gasteiger partial charge in [-0.1, -0.05) is 42.6 Å². The number of nitrogens with one attached hydrogen (secondary N) is 1. The van der Waals surface area contributed by atoms with Crippen LogP contribution in [0, 0.1) is 5.92 Å². The second-order valence-corrected chi connectivity index (χ2v) is 6.02. The number of hydrogen-bond acceptors (Lipinski definition) is 2. The summed E-state index contributed by atoms with van der Waals surface area (Å²) < 4.78 is 0. The van der Waals surface area contributed by atoms with Gasteiger partial charge in [-0.2, -0.15) is 0 Å². The van der Waals surface area contributed by atoms with Crippen LogP contribution in [0.5, 0.6) is 0 Å². The first-order valence-electron chi connectivity index (χ1n) is 6.81. The summed E-state index contributed by atoms with van der Waals surface area (Å²) in [5.41, 5.74) is 6.79. The van der Waals surface area contributed by atoms with Gasteiger partial charge in [-0.25, -0.2) is 0 Å². The summed E-state index contributed by atoms with van der Waals surface area (Å²) in [5.74, 6) is -0.0478. The van der Waals surface area contributed by atoms with Gasteiger partial charge in [-0.3, -0.25) is 4.79 Å². The van der Waals surface area contributed by atoms with Crippen LogP contribution in [0.25, 0.3) is 0 Å². The zero-order valence-corrected chi connectivity index (χ0v) is 12.0. The molecule has 104 valence electrons. The largest absolute Gasteiger partial charge is 0.352 e. The van der Waals surface area contributed by atoms with Crippen molar-refractivity contribution in [2.24, 2.45) is 11.7 Å². The molecule has 0 spiro atoms. The molecular formula is C15H21ClN2O. The first kappa shape index (κ1) is 14.4. The average molecular weight is 281 g/mol. The van der Waals surface area contributed by atoms with Crippen molar-refractivity contribution in [3.05, 3.63) is 34.9 Å². The normalized spacial score (nSPS) is 27.0. The number of hydrogen-bond donors (Lipinski definition) is 2. The third-order valence-corrected chi connectivity index (χ3v) is 4.35. The lowest BCUT2D eigenvalue weighted by molar-refractivity contribution is -0.128. The van der Waals surface area contributed by atoms with E-state index >= 15 is 0 Å². The second-order valence-electron chi connectivity index (χ2n) is 5.61. The van der Waals surface area contributed by atoms with Crippen LogP contribution in [0.4, 0.5) is 0 Å². The molecule has 1 aliphatic carbocycles. The Morgan fingerprint density at radius 1 is 1.47 bits per heavy atom. The quantitative estimate of drug-likeness (QED) is 0.894. The highest BCUT2D eigenvalue weighted by molar-refractivity contribution is 6.31. The maximum absolute atomic E-state index is 12.3. The van der Waals surface area contributed by atoms with E-state index in [0.717, 1.165) is 31.2 Å². The summed E-state index contributed by atoms with van der Waals surface area (Å²) in [6.45, 7) is 2.44. The number of benzene rings is 1. The van der Waals surface area contributed by atoms with Crippen LogP contribution in [0.3, 0.4) is 0 Å². The highest BCUT2D eigenvalue weighted by Gasteiger charge is 2.37. The van der Waals surface area contributed by atoms with E-state index in [-0.39, 0.29) is 17.4 Å². The van der Waals surface area contributed by atoms with Gasteiger partial charge in [0.15, 0.2) is 0 Å². The van der Waals surface area contributed by atoms with E-state index in [2.05, 4.69) is 5.32 Å². The molecule has 3 N–H and O–H groups in total. The minimum Gasteiger partial charge on any atom is -0.352 e. The Balaban J connectivity index is 1.96. The minimum absolute atomic E-state index is 0.0459. The fourth-order valence-corrected chi connectivity index (χ4v) is 2.94. The average Bonchev–Trinajstić information content (AvgIpc) is 2.37. The fourth-order valence-electron chi connectivity index (χ4n) is 2.74. The minimum atomic E-state index is -0.386. The summed E-state index contributed by atoms with van der Waals surface area (Å²) >= 11 is 6.07. The molecule has 1 aliphatic rings. The molecule has 2 atom stereocenters. The number of nitrogens with two attached hydrogens (primary N) is 1. The summed E-state index contributed by atoms with van der Waals surface area (Å²) in [6.07, 6.45) is 3.98. The molecule has 0 heterocycles. The third kappa shape index (κ3) is 3.48. The SMILES string of the molecule is CC1(N)CCCCC1C(=O)NCc1ccccc1Cl. The molecule has 4 heteroatoms. The molecule has 1 aromatic carbocycles. The Morgan fingerprint density at radius 3 is 2.89 bits per heavy atom. The van der Waals surface area contributed by atoms with Gasteiger partial charge in [0.25, 0.3) is 0 Å². The van der Waals surface area contributed by atoms with Gasteiger partial charge in [-0.05, 0) is 31.4 Å². The van der Waals surface area contributed by atoms with Crippen molar-refractivity contribution in [2.75, 3.05) is 0 Å². The molecule has 19 heavy (non-hydrogen) atoms. The van der Waals surface area contributed by atoms with E-state index in [1.54, 1.807) is 0 Å². The van der Waals surface area contributed by atoms with Crippen molar-refractivity contribution >= 4 is 17.5 Å². The van der Waals surface area contributed by atoms with Gasteiger partial charge in [-0.15, -0.1) is 0 Å². The molecule has 3 nitrogen and oxygen atoms in total. The number of carbonyl (C=O) groups is 1. The molecule has 0 bridgehead atoms. The lowest BCUT2D eigenvalue weighted by Crippen LogP contribution is -2.52. The second kappa shape index (κ2) is 5.93. The zero-order valence-electron chi connectivity index (χ0n) is 11.3. The number of amides is 1. The Morgan fingerprint density at radius 2 is 2.21 bits per heavy atom. The molecule has 1 fully saturated rings. The maximum atomic E-state index is 12.3. The van der Waals surface area contributed by atoms with Crippen molar-refractivity contribution in [1.82, 2.24) is 5.32 Å².